The lowest BCUT2D eigenvalue weighted by atomic mass is 9.92. The molecule has 0 atom stereocenters. The molecule has 2 fully saturated rings. The van der Waals surface area contributed by atoms with E-state index in [1.807, 2.05) is 13.8 Å². The van der Waals surface area contributed by atoms with Crippen LogP contribution in [0.25, 0.3) is 0 Å². The number of aliphatic hydroxyl groups is 1. The number of β-amino-alcohol motifs (C(OH)–C–C–N with tert-alkyl or cyclic N) is 1. The molecule has 0 bridgehead atoms. The number of halogens is 3. The van der Waals surface area contributed by atoms with Gasteiger partial charge in [0.05, 0.1) is 30.0 Å². The second-order valence-electron chi connectivity index (χ2n) is 8.26. The molecule has 2 saturated heterocycles. The summed E-state index contributed by atoms with van der Waals surface area (Å²) < 4.78 is 42.6. The van der Waals surface area contributed by atoms with Crippen LogP contribution in [0.5, 0.6) is 0 Å². The van der Waals surface area contributed by atoms with E-state index in [1.165, 1.54) is 23.1 Å². The Bertz CT molecular complexity index is 971. The highest BCUT2D eigenvalue weighted by molar-refractivity contribution is 6.01. The van der Waals surface area contributed by atoms with E-state index in [2.05, 4.69) is 10.2 Å². The number of hydrogen-bond acceptors (Lipinski definition) is 4. The molecule has 2 aromatic carbocycles. The van der Waals surface area contributed by atoms with E-state index in [9.17, 15) is 23.1 Å². The van der Waals surface area contributed by atoms with Gasteiger partial charge >= 0.3 is 0 Å². The Morgan fingerprint density at radius 3 is 2.34 bits per heavy atom. The van der Waals surface area contributed by atoms with Gasteiger partial charge in [0.2, 0.25) is 0 Å². The maximum atomic E-state index is 14.5. The molecule has 1 amide bonds. The van der Waals surface area contributed by atoms with Gasteiger partial charge in [-0.15, -0.1) is 0 Å². The molecule has 0 aromatic heterocycles. The maximum Gasteiger partial charge on any atom is 0.256 e. The number of hydrogen-bond donors (Lipinski definition) is 2. The van der Waals surface area contributed by atoms with Crippen molar-refractivity contribution in [3.8, 4) is 0 Å². The standard InChI is InChI=1S/C22H24F3N3O2.C2H6/c1-14-4-7-18(17(24)10-14)26-20-15(5-6-16(23)19(20)25)21(29)28-12-22(30,13-28)11-27-8-2-3-9-27;1-2/h4-7,10,26,30H,2-3,8-9,11-13H2,1H3;1-2H3. The Morgan fingerprint density at radius 1 is 1.06 bits per heavy atom. The van der Waals surface area contributed by atoms with Gasteiger partial charge in [0, 0.05) is 6.54 Å². The highest BCUT2D eigenvalue weighted by atomic mass is 19.2. The van der Waals surface area contributed by atoms with Gasteiger partial charge in [-0.25, -0.2) is 13.2 Å². The molecule has 8 heteroatoms. The average Bonchev–Trinajstić information content (AvgIpc) is 3.25. The first-order valence-corrected chi connectivity index (χ1v) is 11.0. The first-order chi connectivity index (χ1) is 15.3. The first-order valence-electron chi connectivity index (χ1n) is 11.0. The van der Waals surface area contributed by atoms with E-state index in [4.69, 9.17) is 0 Å². The number of aryl methyl sites for hydroxylation is 1. The zero-order valence-corrected chi connectivity index (χ0v) is 18.7. The Hall–Kier alpha value is -2.58. The van der Waals surface area contributed by atoms with Gasteiger partial charge in [-0.3, -0.25) is 4.79 Å². The number of carbonyl (C=O) groups is 1. The number of nitrogens with zero attached hydrogens (tertiary/aromatic N) is 2. The second kappa shape index (κ2) is 9.92. The van der Waals surface area contributed by atoms with Crippen LogP contribution >= 0.6 is 0 Å². The lowest BCUT2D eigenvalue weighted by Gasteiger charge is -2.48. The van der Waals surface area contributed by atoms with Gasteiger partial charge in [0.25, 0.3) is 5.91 Å². The van der Waals surface area contributed by atoms with E-state index in [-0.39, 0.29) is 24.3 Å². The summed E-state index contributed by atoms with van der Waals surface area (Å²) >= 11 is 0. The Morgan fingerprint density at radius 2 is 1.72 bits per heavy atom. The zero-order chi connectivity index (χ0) is 23.5. The Kier molecular flexibility index (Phi) is 7.46. The quantitative estimate of drug-likeness (QED) is 0.708. The van der Waals surface area contributed by atoms with Gasteiger partial charge in [-0.2, -0.15) is 0 Å². The van der Waals surface area contributed by atoms with Crippen LogP contribution in [-0.4, -0.2) is 59.1 Å². The molecule has 0 unspecified atom stereocenters. The number of anilines is 2. The van der Waals surface area contributed by atoms with E-state index >= 15 is 0 Å². The maximum absolute atomic E-state index is 14.5. The molecule has 0 spiro atoms. The van der Waals surface area contributed by atoms with Crippen LogP contribution in [0.4, 0.5) is 24.5 Å². The number of rotatable bonds is 5. The minimum Gasteiger partial charge on any atom is -0.385 e. The Labute approximate surface area is 186 Å². The normalized spacial score (nSPS) is 17.4. The van der Waals surface area contributed by atoms with Crippen molar-refractivity contribution in [3.05, 3.63) is 58.9 Å². The van der Waals surface area contributed by atoms with Crippen LogP contribution in [0.15, 0.2) is 30.3 Å². The molecule has 2 heterocycles. The molecule has 0 radical (unpaired) electrons. The van der Waals surface area contributed by atoms with E-state index < -0.39 is 34.6 Å². The van der Waals surface area contributed by atoms with Crippen molar-refractivity contribution in [2.45, 2.75) is 39.2 Å². The molecule has 2 aliphatic heterocycles. The molecular formula is C24H30F3N3O2. The number of carbonyl (C=O) groups excluding carboxylic acids is 1. The molecule has 32 heavy (non-hydrogen) atoms. The molecule has 2 N–H and O–H groups in total. The molecular weight excluding hydrogens is 419 g/mol. The highest BCUT2D eigenvalue weighted by Crippen LogP contribution is 2.32. The first kappa shape index (κ1) is 24.1. The minimum absolute atomic E-state index is 0.0618. The summed E-state index contributed by atoms with van der Waals surface area (Å²) in [7, 11) is 0. The monoisotopic (exact) mass is 449 g/mol. The van der Waals surface area contributed by atoms with Crippen molar-refractivity contribution in [2.75, 3.05) is 38.0 Å². The summed E-state index contributed by atoms with van der Waals surface area (Å²) in [6, 6.07) is 6.33. The van der Waals surface area contributed by atoms with Crippen molar-refractivity contribution < 1.29 is 23.1 Å². The van der Waals surface area contributed by atoms with Crippen LogP contribution in [0.3, 0.4) is 0 Å². The zero-order valence-electron chi connectivity index (χ0n) is 18.7. The van der Waals surface area contributed by atoms with E-state index in [0.29, 0.717) is 12.1 Å². The fourth-order valence-electron chi connectivity index (χ4n) is 4.14. The summed E-state index contributed by atoms with van der Waals surface area (Å²) in [4.78, 5) is 16.5. The third-order valence-corrected chi connectivity index (χ3v) is 5.68. The predicted octanol–water partition coefficient (Wildman–Crippen LogP) is 4.46. The fraction of sp³-hybridized carbons (Fsp3) is 0.458. The highest BCUT2D eigenvalue weighted by Gasteiger charge is 2.45. The second-order valence-corrected chi connectivity index (χ2v) is 8.26. The number of likely N-dealkylation sites (tertiary alicyclic amines) is 2. The molecule has 2 aliphatic rings. The van der Waals surface area contributed by atoms with Crippen LogP contribution in [0.2, 0.25) is 0 Å². The average molecular weight is 450 g/mol. The summed E-state index contributed by atoms with van der Waals surface area (Å²) in [6.07, 6.45) is 2.19. The van der Waals surface area contributed by atoms with Crippen LogP contribution < -0.4 is 5.32 Å². The van der Waals surface area contributed by atoms with Crippen molar-refractivity contribution in [1.29, 1.82) is 0 Å². The van der Waals surface area contributed by atoms with E-state index in [1.54, 1.807) is 13.0 Å². The van der Waals surface area contributed by atoms with Crippen LogP contribution in [0, 0.1) is 24.4 Å². The van der Waals surface area contributed by atoms with Crippen LogP contribution in [0.1, 0.15) is 42.6 Å². The van der Waals surface area contributed by atoms with Crippen molar-refractivity contribution in [3.63, 3.8) is 0 Å². The lowest BCUT2D eigenvalue weighted by Crippen LogP contribution is -2.67. The topological polar surface area (TPSA) is 55.8 Å². The summed E-state index contributed by atoms with van der Waals surface area (Å²) in [5.41, 5.74) is -0.926. The molecule has 0 aliphatic carbocycles. The number of nitrogens with one attached hydrogen (secondary N) is 1. The number of amides is 1. The molecule has 2 aromatic rings. The molecule has 174 valence electrons. The lowest BCUT2D eigenvalue weighted by molar-refractivity contribution is -0.0950. The summed E-state index contributed by atoms with van der Waals surface area (Å²) in [5.74, 6) is -3.58. The van der Waals surface area contributed by atoms with Gasteiger partial charge in [-0.05, 0) is 62.7 Å². The Balaban J connectivity index is 0.00000141. The van der Waals surface area contributed by atoms with Gasteiger partial charge in [-0.1, -0.05) is 19.9 Å². The smallest absolute Gasteiger partial charge is 0.256 e. The number of benzene rings is 2. The molecule has 4 rings (SSSR count). The molecule has 0 saturated carbocycles. The summed E-state index contributed by atoms with van der Waals surface area (Å²) in [6.45, 7) is 8.26. The van der Waals surface area contributed by atoms with Crippen LogP contribution in [-0.2, 0) is 0 Å². The SMILES string of the molecule is CC.Cc1ccc(Nc2c(C(=O)N3CC(O)(CN4CCCC4)C3)ccc(F)c2F)c(F)c1. The van der Waals surface area contributed by atoms with Crippen molar-refractivity contribution in [1.82, 2.24) is 9.80 Å². The van der Waals surface area contributed by atoms with Gasteiger partial charge in [0.1, 0.15) is 11.4 Å². The van der Waals surface area contributed by atoms with Crippen molar-refractivity contribution in [2.24, 2.45) is 0 Å². The van der Waals surface area contributed by atoms with Crippen molar-refractivity contribution >= 4 is 17.3 Å². The van der Waals surface area contributed by atoms with Gasteiger partial charge in [0.15, 0.2) is 11.6 Å². The molecule has 5 nitrogen and oxygen atoms in total. The largest absolute Gasteiger partial charge is 0.385 e. The van der Waals surface area contributed by atoms with Gasteiger partial charge < -0.3 is 20.2 Å². The third kappa shape index (κ3) is 5.07. The predicted molar refractivity (Wildman–Crippen MR) is 119 cm³/mol. The van der Waals surface area contributed by atoms with E-state index in [0.717, 1.165) is 32.0 Å². The third-order valence-electron chi connectivity index (χ3n) is 5.68. The summed E-state index contributed by atoms with van der Waals surface area (Å²) in [5, 5.41) is 13.2. The fourth-order valence-corrected chi connectivity index (χ4v) is 4.14. The minimum atomic E-state index is -1.26.